The molecule has 1 aromatic carbocycles. The SMILES string of the molecule is N#Cc1cccc(F)c1N1CC(S(N)(=O)=O)CC1=O. The van der Waals surface area contributed by atoms with Crippen molar-refractivity contribution in [2.75, 3.05) is 11.4 Å². The van der Waals surface area contributed by atoms with E-state index >= 15 is 0 Å². The van der Waals surface area contributed by atoms with Gasteiger partial charge in [0.2, 0.25) is 15.9 Å². The summed E-state index contributed by atoms with van der Waals surface area (Å²) in [7, 11) is -3.88. The van der Waals surface area contributed by atoms with Crippen LogP contribution in [0.2, 0.25) is 0 Å². The second-order valence-electron chi connectivity index (χ2n) is 4.17. The van der Waals surface area contributed by atoms with Gasteiger partial charge >= 0.3 is 0 Å². The van der Waals surface area contributed by atoms with Crippen molar-refractivity contribution >= 4 is 21.6 Å². The number of nitrogens with zero attached hydrogens (tertiary/aromatic N) is 2. The fraction of sp³-hybridized carbons (Fsp3) is 0.273. The van der Waals surface area contributed by atoms with E-state index < -0.39 is 27.0 Å². The monoisotopic (exact) mass is 283 g/mol. The maximum atomic E-state index is 13.8. The second-order valence-corrected chi connectivity index (χ2v) is 6.01. The van der Waals surface area contributed by atoms with Crippen molar-refractivity contribution in [3.8, 4) is 6.07 Å². The highest BCUT2D eigenvalue weighted by atomic mass is 32.2. The van der Waals surface area contributed by atoms with Crippen molar-refractivity contribution in [2.24, 2.45) is 5.14 Å². The number of carbonyl (C=O) groups is 1. The molecule has 0 saturated carbocycles. The molecule has 0 radical (unpaired) electrons. The third-order valence-electron chi connectivity index (χ3n) is 2.93. The molecule has 1 fully saturated rings. The van der Waals surface area contributed by atoms with E-state index in [0.29, 0.717) is 0 Å². The fourth-order valence-electron chi connectivity index (χ4n) is 1.99. The number of carbonyl (C=O) groups excluding carboxylic acids is 1. The molecule has 0 aromatic heterocycles. The van der Waals surface area contributed by atoms with Gasteiger partial charge in [-0.25, -0.2) is 17.9 Å². The van der Waals surface area contributed by atoms with Crippen molar-refractivity contribution in [1.82, 2.24) is 0 Å². The van der Waals surface area contributed by atoms with Gasteiger partial charge in [-0.1, -0.05) is 6.07 Å². The molecule has 19 heavy (non-hydrogen) atoms. The minimum atomic E-state index is -3.88. The number of benzene rings is 1. The number of primary sulfonamides is 1. The maximum absolute atomic E-state index is 13.8. The van der Waals surface area contributed by atoms with Gasteiger partial charge in [-0.2, -0.15) is 5.26 Å². The largest absolute Gasteiger partial charge is 0.307 e. The van der Waals surface area contributed by atoms with Crippen molar-refractivity contribution in [2.45, 2.75) is 11.7 Å². The third kappa shape index (κ3) is 2.43. The van der Waals surface area contributed by atoms with Crippen LogP contribution in [0.15, 0.2) is 18.2 Å². The lowest BCUT2D eigenvalue weighted by atomic mass is 10.1. The summed E-state index contributed by atoms with van der Waals surface area (Å²) in [5.74, 6) is -1.32. The Kier molecular flexibility index (Phi) is 3.26. The van der Waals surface area contributed by atoms with E-state index in [0.717, 1.165) is 11.0 Å². The molecule has 1 heterocycles. The average Bonchev–Trinajstić information content (AvgIpc) is 2.70. The molecule has 0 bridgehead atoms. The quantitative estimate of drug-likeness (QED) is 0.830. The number of sulfonamides is 1. The average molecular weight is 283 g/mol. The summed E-state index contributed by atoms with van der Waals surface area (Å²) < 4.78 is 36.2. The Morgan fingerprint density at radius 1 is 1.47 bits per heavy atom. The van der Waals surface area contributed by atoms with Crippen LogP contribution in [0, 0.1) is 17.1 Å². The third-order valence-corrected chi connectivity index (χ3v) is 4.18. The van der Waals surface area contributed by atoms with Crippen LogP contribution in [-0.4, -0.2) is 26.1 Å². The molecule has 1 aliphatic rings. The first-order valence-corrected chi connectivity index (χ1v) is 6.96. The molecule has 6 nitrogen and oxygen atoms in total. The summed E-state index contributed by atoms with van der Waals surface area (Å²) in [4.78, 5) is 12.7. The molecule has 2 rings (SSSR count). The van der Waals surface area contributed by atoms with Crippen LogP contribution in [-0.2, 0) is 14.8 Å². The topological polar surface area (TPSA) is 104 Å². The summed E-state index contributed by atoms with van der Waals surface area (Å²) in [6.07, 6.45) is -0.308. The summed E-state index contributed by atoms with van der Waals surface area (Å²) in [5.41, 5.74) is -0.218. The number of rotatable bonds is 2. The van der Waals surface area contributed by atoms with E-state index in [1.54, 1.807) is 6.07 Å². The van der Waals surface area contributed by atoms with Gasteiger partial charge in [-0.05, 0) is 12.1 Å². The zero-order chi connectivity index (χ0) is 14.2. The molecular formula is C11H10FN3O3S. The molecular weight excluding hydrogens is 273 g/mol. The van der Waals surface area contributed by atoms with Gasteiger partial charge in [-0.3, -0.25) is 4.79 Å². The summed E-state index contributed by atoms with van der Waals surface area (Å²) >= 11 is 0. The van der Waals surface area contributed by atoms with E-state index in [9.17, 15) is 17.6 Å². The number of hydrogen-bond donors (Lipinski definition) is 1. The number of amides is 1. The molecule has 1 aliphatic heterocycles. The number of hydrogen-bond acceptors (Lipinski definition) is 4. The van der Waals surface area contributed by atoms with Crippen LogP contribution in [0.4, 0.5) is 10.1 Å². The zero-order valence-electron chi connectivity index (χ0n) is 9.71. The van der Waals surface area contributed by atoms with Gasteiger partial charge in [0.15, 0.2) is 0 Å². The number of anilines is 1. The van der Waals surface area contributed by atoms with Gasteiger partial charge in [0.1, 0.15) is 17.1 Å². The molecule has 1 aromatic rings. The molecule has 1 amide bonds. The Hall–Kier alpha value is -1.98. The van der Waals surface area contributed by atoms with Crippen LogP contribution in [0.25, 0.3) is 0 Å². The van der Waals surface area contributed by atoms with Crippen molar-refractivity contribution in [3.05, 3.63) is 29.6 Å². The lowest BCUT2D eigenvalue weighted by Crippen LogP contribution is -2.32. The van der Waals surface area contributed by atoms with E-state index in [4.69, 9.17) is 10.4 Å². The molecule has 1 saturated heterocycles. The molecule has 0 spiro atoms. The second kappa shape index (κ2) is 4.60. The van der Waals surface area contributed by atoms with Crippen LogP contribution in [0.3, 0.4) is 0 Å². The molecule has 1 unspecified atom stereocenters. The Balaban J connectivity index is 2.45. The number of nitriles is 1. The molecule has 100 valence electrons. The summed E-state index contributed by atoms with van der Waals surface area (Å²) in [5, 5.41) is 12.8. The van der Waals surface area contributed by atoms with Gasteiger partial charge < -0.3 is 4.90 Å². The first kappa shape index (κ1) is 13.5. The minimum absolute atomic E-state index is 0.0246. The van der Waals surface area contributed by atoms with Crippen LogP contribution < -0.4 is 10.0 Å². The highest BCUT2D eigenvalue weighted by Crippen LogP contribution is 2.29. The Morgan fingerprint density at radius 2 is 2.16 bits per heavy atom. The van der Waals surface area contributed by atoms with Crippen LogP contribution in [0.5, 0.6) is 0 Å². The number of nitrogens with two attached hydrogens (primary N) is 1. The van der Waals surface area contributed by atoms with Gasteiger partial charge in [0.05, 0.1) is 11.3 Å². The Bertz CT molecular complexity index is 681. The van der Waals surface area contributed by atoms with Gasteiger partial charge in [-0.15, -0.1) is 0 Å². The van der Waals surface area contributed by atoms with E-state index in [2.05, 4.69) is 0 Å². The molecule has 8 heteroatoms. The first-order chi connectivity index (χ1) is 8.84. The maximum Gasteiger partial charge on any atom is 0.228 e. The lowest BCUT2D eigenvalue weighted by molar-refractivity contribution is -0.117. The number of halogens is 1. The van der Waals surface area contributed by atoms with Crippen molar-refractivity contribution in [3.63, 3.8) is 0 Å². The number of para-hydroxylation sites is 1. The van der Waals surface area contributed by atoms with Gasteiger partial charge in [0.25, 0.3) is 0 Å². The summed E-state index contributed by atoms with van der Waals surface area (Å²) in [6, 6.07) is 5.58. The molecule has 1 atom stereocenters. The predicted octanol–water partition coefficient (Wildman–Crippen LogP) is 0.0912. The first-order valence-electron chi connectivity index (χ1n) is 5.35. The molecule has 0 aliphatic carbocycles. The highest BCUT2D eigenvalue weighted by molar-refractivity contribution is 7.89. The fourth-order valence-corrected chi connectivity index (χ4v) is 2.72. The zero-order valence-corrected chi connectivity index (χ0v) is 10.5. The predicted molar refractivity (Wildman–Crippen MR) is 65.0 cm³/mol. The summed E-state index contributed by atoms with van der Waals surface area (Å²) in [6.45, 7) is -0.243. The normalized spacial score (nSPS) is 19.5. The van der Waals surface area contributed by atoms with E-state index in [1.165, 1.54) is 12.1 Å². The smallest absolute Gasteiger partial charge is 0.228 e. The van der Waals surface area contributed by atoms with Crippen LogP contribution >= 0.6 is 0 Å². The van der Waals surface area contributed by atoms with E-state index in [1.807, 2.05) is 0 Å². The van der Waals surface area contributed by atoms with Crippen LogP contribution in [0.1, 0.15) is 12.0 Å². The van der Waals surface area contributed by atoms with E-state index in [-0.39, 0.29) is 24.2 Å². The minimum Gasteiger partial charge on any atom is -0.307 e. The lowest BCUT2D eigenvalue weighted by Gasteiger charge is -2.18. The van der Waals surface area contributed by atoms with Crippen molar-refractivity contribution < 1.29 is 17.6 Å². The molecule has 2 N–H and O–H groups in total. The van der Waals surface area contributed by atoms with Crippen molar-refractivity contribution in [1.29, 1.82) is 5.26 Å². The standard InChI is InChI=1S/C11H10FN3O3S/c12-9-3-1-2-7(5-13)11(9)15-6-8(4-10(15)16)19(14,17)18/h1-3,8H,4,6H2,(H2,14,17,18). The Morgan fingerprint density at radius 3 is 2.68 bits per heavy atom. The van der Waals surface area contributed by atoms with Gasteiger partial charge in [0, 0.05) is 13.0 Å². The highest BCUT2D eigenvalue weighted by Gasteiger charge is 2.38. The Labute approximate surface area is 109 Å².